The number of benzene rings is 4. The number of methoxy groups -OCH3 is 1. The van der Waals surface area contributed by atoms with Crippen molar-refractivity contribution in [1.82, 2.24) is 20.9 Å². The van der Waals surface area contributed by atoms with Crippen LogP contribution in [-0.4, -0.2) is 79.6 Å². The number of carbonyl (C=O) groups is 3. The molecule has 376 valence electrons. The average molecular weight is 998 g/mol. The first-order chi connectivity index (χ1) is 33.0. The molecule has 6 rings (SSSR count). The van der Waals surface area contributed by atoms with Crippen molar-refractivity contribution >= 4 is 60.4 Å². The number of phenols is 1. The number of phenolic OH excluding ortho intramolecular Hbond substituents is 1. The minimum Gasteiger partial charge on any atom is -0.506 e. The van der Waals surface area contributed by atoms with E-state index in [0.29, 0.717) is 91.2 Å². The normalized spacial score (nSPS) is 15.7. The molecule has 1 aromatic heterocycles. The third-order valence-electron chi connectivity index (χ3n) is 13.1. The topological polar surface area (TPSA) is 204 Å². The number of urea groups is 1. The first-order valence-corrected chi connectivity index (χ1v) is 27.2. The summed E-state index contributed by atoms with van der Waals surface area (Å²) in [4.78, 5) is 55.2. The van der Waals surface area contributed by atoms with Gasteiger partial charge in [-0.25, -0.2) is 14.4 Å². The predicted molar refractivity (Wildman–Crippen MR) is 280 cm³/mol. The summed E-state index contributed by atoms with van der Waals surface area (Å²) < 4.78 is 18.2. The first kappa shape index (κ1) is 53.3. The lowest BCUT2D eigenvalue weighted by Crippen LogP contribution is -2.47. The minimum absolute atomic E-state index is 0.0226. The molecule has 1 fully saturated rings. The maximum Gasteiger partial charge on any atom is 0.412 e. The Hall–Kier alpha value is -6.07. The summed E-state index contributed by atoms with van der Waals surface area (Å²) in [5.74, 6) is 0.489. The first-order valence-electron chi connectivity index (χ1n) is 23.9. The monoisotopic (exact) mass is 996 g/mol. The summed E-state index contributed by atoms with van der Waals surface area (Å²) in [7, 11) is -0.762. The molecule has 17 heteroatoms. The number of nitrogens with zero attached hydrogens (tertiary/aromatic N) is 1. The molecule has 1 heterocycles. The van der Waals surface area contributed by atoms with E-state index in [1.807, 2.05) is 75.4 Å². The van der Waals surface area contributed by atoms with Gasteiger partial charge < -0.3 is 50.4 Å². The third-order valence-corrected chi connectivity index (χ3v) is 17.9. The van der Waals surface area contributed by atoms with Gasteiger partial charge in [0, 0.05) is 60.4 Å². The molecule has 0 aliphatic heterocycles. The van der Waals surface area contributed by atoms with E-state index < -0.39 is 38.2 Å². The van der Waals surface area contributed by atoms with Crippen LogP contribution >= 0.6 is 11.6 Å². The molecule has 1 atom stereocenters. The summed E-state index contributed by atoms with van der Waals surface area (Å²) >= 11 is 6.77. The number of H-pyrrole nitrogens is 1. The van der Waals surface area contributed by atoms with Crippen LogP contribution in [0.15, 0.2) is 89.7 Å². The Kier molecular flexibility index (Phi) is 17.3. The van der Waals surface area contributed by atoms with Gasteiger partial charge in [-0.1, -0.05) is 80.9 Å². The van der Waals surface area contributed by atoms with E-state index in [-0.39, 0.29) is 28.4 Å². The van der Waals surface area contributed by atoms with Gasteiger partial charge in [-0.05, 0) is 118 Å². The Bertz CT molecular complexity index is 2690. The number of aromatic hydroxyl groups is 1. The number of pyridine rings is 1. The van der Waals surface area contributed by atoms with Crippen molar-refractivity contribution < 1.29 is 38.5 Å². The van der Waals surface area contributed by atoms with Crippen molar-refractivity contribution in [3.05, 3.63) is 117 Å². The maximum atomic E-state index is 13.2. The molecule has 0 spiro atoms. The zero-order valence-corrected chi connectivity index (χ0v) is 43.5. The van der Waals surface area contributed by atoms with E-state index in [2.05, 4.69) is 60.1 Å². The van der Waals surface area contributed by atoms with Gasteiger partial charge in [0.25, 0.3) is 0 Å². The zero-order valence-electron chi connectivity index (χ0n) is 41.8. The number of ether oxygens (including phenoxy) is 2. The van der Waals surface area contributed by atoms with Crippen LogP contribution in [0.3, 0.4) is 0 Å². The third kappa shape index (κ3) is 13.8. The molecule has 4 aromatic carbocycles. The number of carboxylic acid groups (broad SMARTS) is 1. The number of aromatic nitrogens is 1. The van der Waals surface area contributed by atoms with Gasteiger partial charge in [0.05, 0.1) is 35.1 Å². The lowest BCUT2D eigenvalue weighted by Gasteiger charge is -2.39. The van der Waals surface area contributed by atoms with Gasteiger partial charge in [-0.3, -0.25) is 9.69 Å². The number of anilines is 2. The fourth-order valence-corrected chi connectivity index (χ4v) is 10.0. The number of hydrogen-bond acceptors (Lipinski definition) is 9. The molecule has 0 saturated heterocycles. The highest BCUT2D eigenvalue weighted by Crippen LogP contribution is 2.42. The van der Waals surface area contributed by atoms with Crippen molar-refractivity contribution in [2.45, 2.75) is 129 Å². The molecule has 15 nitrogen and oxygen atoms in total. The van der Waals surface area contributed by atoms with Crippen LogP contribution < -0.4 is 36.5 Å². The SMILES string of the molecule is COc1cc(NC(=O)NCCCc2ccc(-c3ccccc3)c(N(C(=O)O)[C@H]3CC[C@H](NC(=O)OC(C)(C)C)CC3)c2)c(Cl)cc1CNCC(O[Si](C)(C)C(C)(C)C)c1ccc(O)c2[nH]c(=O)ccc12. The molecule has 0 radical (unpaired) electrons. The highest BCUT2D eigenvalue weighted by Gasteiger charge is 2.40. The number of amides is 4. The Balaban J connectivity index is 1.08. The van der Waals surface area contributed by atoms with Crippen molar-refractivity contribution in [2.24, 2.45) is 0 Å². The van der Waals surface area contributed by atoms with Crippen LogP contribution in [0, 0.1) is 0 Å². The summed E-state index contributed by atoms with van der Waals surface area (Å²) in [5, 5.41) is 34.4. The smallest absolute Gasteiger partial charge is 0.412 e. The molecular formula is C53H69ClN6O9Si. The van der Waals surface area contributed by atoms with Crippen LogP contribution in [0.5, 0.6) is 11.5 Å². The molecular weight excluding hydrogens is 928 g/mol. The number of halogens is 1. The second kappa shape index (κ2) is 22.8. The minimum atomic E-state index is -2.31. The van der Waals surface area contributed by atoms with Gasteiger partial charge in [-0.2, -0.15) is 0 Å². The summed E-state index contributed by atoms with van der Waals surface area (Å²) in [6.45, 7) is 17.4. The van der Waals surface area contributed by atoms with Gasteiger partial charge in [0.1, 0.15) is 17.1 Å². The molecule has 1 unspecified atom stereocenters. The summed E-state index contributed by atoms with van der Waals surface area (Å²) in [5.41, 5.74) is 4.59. The number of hydrogen-bond donors (Lipinski definition) is 7. The molecule has 1 aliphatic carbocycles. The molecule has 1 aliphatic rings. The average Bonchev–Trinajstić information content (AvgIpc) is 3.28. The Morgan fingerprint density at radius 2 is 1.64 bits per heavy atom. The van der Waals surface area contributed by atoms with Gasteiger partial charge in [0.2, 0.25) is 5.56 Å². The van der Waals surface area contributed by atoms with Crippen LogP contribution in [0.1, 0.15) is 96.4 Å². The molecule has 5 aromatic rings. The van der Waals surface area contributed by atoms with Crippen LogP contribution in [0.4, 0.5) is 25.8 Å². The molecule has 70 heavy (non-hydrogen) atoms. The highest BCUT2D eigenvalue weighted by atomic mass is 35.5. The van der Waals surface area contributed by atoms with E-state index in [0.717, 1.165) is 27.8 Å². The number of rotatable bonds is 17. The van der Waals surface area contributed by atoms with E-state index in [4.69, 9.17) is 25.5 Å². The Morgan fingerprint density at radius 1 is 0.929 bits per heavy atom. The zero-order chi connectivity index (χ0) is 51.0. The fraction of sp³-hybridized carbons (Fsp3) is 0.434. The predicted octanol–water partition coefficient (Wildman–Crippen LogP) is 11.5. The Morgan fingerprint density at radius 3 is 2.30 bits per heavy atom. The molecule has 1 saturated carbocycles. The summed E-state index contributed by atoms with van der Waals surface area (Å²) in [6, 6.07) is 24.7. The van der Waals surface area contributed by atoms with Gasteiger partial charge in [0.15, 0.2) is 8.32 Å². The molecule has 4 amide bonds. The summed E-state index contributed by atoms with van der Waals surface area (Å²) in [6.07, 6.45) is 1.56. The number of alkyl carbamates (subject to hydrolysis) is 1. The van der Waals surface area contributed by atoms with E-state index >= 15 is 0 Å². The standard InChI is InChI=1S/C53H69ClN6O9Si/c1-52(2,3)68-50(64)57-36-18-20-37(21-19-36)60(51(65)66)43-28-33(17-22-38(43)34-15-11-10-12-16-34)14-13-27-56-49(63)58-42-30-45(67-7)35(29-41(42)54)31-55-32-46(69-70(8,9)53(4,5)6)39-23-25-44(61)48-40(39)24-26-47(62)59-48/h10-12,15-17,22-26,28-30,36-37,46,55,61H,13-14,18-21,27,31-32H2,1-9H3,(H,57,64)(H,59,62)(H,65,66)(H2,56,58,63)/t36-,37-,46?. The van der Waals surface area contributed by atoms with Crippen LogP contribution in [0.25, 0.3) is 22.0 Å². The van der Waals surface area contributed by atoms with Crippen molar-refractivity contribution in [3.8, 4) is 22.6 Å². The van der Waals surface area contributed by atoms with E-state index in [1.54, 1.807) is 31.4 Å². The number of aryl methyl sites for hydroxylation is 1. The van der Waals surface area contributed by atoms with Crippen molar-refractivity contribution in [3.63, 3.8) is 0 Å². The highest BCUT2D eigenvalue weighted by molar-refractivity contribution is 6.74. The van der Waals surface area contributed by atoms with Gasteiger partial charge in [-0.15, -0.1) is 0 Å². The van der Waals surface area contributed by atoms with E-state index in [1.165, 1.54) is 11.0 Å². The second-order valence-electron chi connectivity index (χ2n) is 20.4. The van der Waals surface area contributed by atoms with Crippen molar-refractivity contribution in [1.29, 1.82) is 0 Å². The number of carbonyl (C=O) groups excluding carboxylic acids is 2. The van der Waals surface area contributed by atoms with Crippen LogP contribution in [0.2, 0.25) is 23.2 Å². The Labute approximate surface area is 416 Å². The van der Waals surface area contributed by atoms with Crippen LogP contribution in [-0.2, 0) is 22.1 Å². The number of nitrogens with one attached hydrogen (secondary N) is 5. The number of aromatic amines is 1. The lowest BCUT2D eigenvalue weighted by molar-refractivity contribution is 0.0490. The van der Waals surface area contributed by atoms with E-state index in [9.17, 15) is 29.4 Å². The maximum absolute atomic E-state index is 13.2. The molecule has 0 bridgehead atoms. The fourth-order valence-electron chi connectivity index (χ4n) is 8.51. The quantitative estimate of drug-likeness (QED) is 0.0347. The van der Waals surface area contributed by atoms with Crippen molar-refractivity contribution in [2.75, 3.05) is 30.4 Å². The second-order valence-corrected chi connectivity index (χ2v) is 25.6. The largest absolute Gasteiger partial charge is 0.506 e. The van der Waals surface area contributed by atoms with Gasteiger partial charge >= 0.3 is 18.2 Å². The number of fused-ring (bicyclic) bond motifs is 1. The lowest BCUT2D eigenvalue weighted by atomic mass is 9.89. The molecule has 7 N–H and O–H groups in total.